The minimum atomic E-state index is -6.87. The third-order valence-electron chi connectivity index (χ3n) is 12.6. The summed E-state index contributed by atoms with van der Waals surface area (Å²) in [7, 11) is 0. The molecule has 0 aliphatic carbocycles. The van der Waals surface area contributed by atoms with Gasteiger partial charge in [-0.25, -0.2) is 13.8 Å². The molecule has 5 atom stereocenters. The topological polar surface area (TPSA) is 105 Å². The second kappa shape index (κ2) is 13.8. The van der Waals surface area contributed by atoms with E-state index in [1.165, 1.54) is 23.1 Å². The largest absolute Gasteiger partial charge is 0.508 e. The lowest BCUT2D eigenvalue weighted by Crippen LogP contribution is -2.68. The number of aromatic nitrogens is 3. The standard InChI is InChI=1S/C39H33F11N6O4/c1-2-22-24(40)6-4-18-12-21(57)13-23(27(18)22)30-29(41)31-28-32(55-14-19-5-7-25(51-19)26(55)16-58-33(28)52-30)54-34(53-31)59-17-35-9-3-11-56(35)20(8-10-35)15-60-36(37(42,43)44,38(45,46)47)39(48,49)50/h1,4,6,12-13,19-20,25-26,51,57H,3,5,7-11,14-17H2/t19-,20+,25+,26-,35+/m1/s1. The molecule has 0 saturated carbocycles. The number of nitrogens with zero attached hydrogens (tertiary/aromatic N) is 5. The Morgan fingerprint density at radius 3 is 2.42 bits per heavy atom. The number of piperazine rings is 1. The number of anilines is 1. The summed E-state index contributed by atoms with van der Waals surface area (Å²) in [4.78, 5) is 17.1. The van der Waals surface area contributed by atoms with E-state index in [0.717, 1.165) is 18.9 Å². The molecule has 4 aromatic rings. The summed E-state index contributed by atoms with van der Waals surface area (Å²) in [6.45, 7) is -1.25. The van der Waals surface area contributed by atoms with Crippen LogP contribution < -0.4 is 19.7 Å². The second-order valence-corrected chi connectivity index (χ2v) is 15.9. The SMILES string of the molecule is C#Cc1c(F)ccc2cc(O)cc(-c3nc4c5c(nc(OC[C@@]67CCCN6[C@H](COC(C(F)(F)F)(C(F)(F)F)C(F)(F)F)CC7)nc5c3F)N3C[C@H]5CC[C@H](N5)[C@H]3CO4)c12. The molecule has 4 saturated heterocycles. The summed E-state index contributed by atoms with van der Waals surface area (Å²) in [5, 5.41) is 14.7. The molecular formula is C39H33F11N6O4. The highest BCUT2D eigenvalue weighted by Crippen LogP contribution is 2.56. The number of nitrogens with one attached hydrogen (secondary N) is 1. The maximum Gasteiger partial charge on any atom is 0.435 e. The molecule has 10 nitrogen and oxygen atoms in total. The van der Waals surface area contributed by atoms with Gasteiger partial charge in [-0.2, -0.15) is 49.5 Å². The van der Waals surface area contributed by atoms with Crippen LogP contribution in [0.4, 0.5) is 54.1 Å². The number of hydrogen-bond donors (Lipinski definition) is 2. The van der Waals surface area contributed by atoms with Gasteiger partial charge < -0.3 is 29.5 Å². The zero-order chi connectivity index (χ0) is 42.7. The number of aromatic hydroxyl groups is 1. The van der Waals surface area contributed by atoms with Gasteiger partial charge in [0, 0.05) is 35.6 Å². The number of rotatable bonds is 7. The van der Waals surface area contributed by atoms with Crippen molar-refractivity contribution in [3.8, 4) is 41.2 Å². The lowest BCUT2D eigenvalue weighted by atomic mass is 9.95. The van der Waals surface area contributed by atoms with Crippen molar-refractivity contribution in [1.29, 1.82) is 0 Å². The van der Waals surface area contributed by atoms with Gasteiger partial charge in [0.2, 0.25) is 5.88 Å². The van der Waals surface area contributed by atoms with Crippen molar-refractivity contribution in [2.24, 2.45) is 0 Å². The monoisotopic (exact) mass is 858 g/mol. The van der Waals surface area contributed by atoms with Crippen molar-refractivity contribution >= 4 is 27.5 Å². The fraction of sp³-hybridized carbons (Fsp3) is 0.513. The van der Waals surface area contributed by atoms with E-state index in [1.807, 2.05) is 4.90 Å². The Morgan fingerprint density at radius 2 is 1.70 bits per heavy atom. The predicted octanol–water partition coefficient (Wildman–Crippen LogP) is 7.33. The summed E-state index contributed by atoms with van der Waals surface area (Å²) < 4.78 is 172. The maximum atomic E-state index is 17.2. The normalized spacial score (nSPS) is 25.6. The van der Waals surface area contributed by atoms with Crippen LogP contribution in [0.3, 0.4) is 0 Å². The fourth-order valence-corrected chi connectivity index (χ4v) is 9.85. The first-order valence-electron chi connectivity index (χ1n) is 19.0. The highest BCUT2D eigenvalue weighted by Gasteiger charge is 2.85. The van der Waals surface area contributed by atoms with Crippen LogP contribution in [0.2, 0.25) is 0 Å². The minimum absolute atomic E-state index is 0.0457. The van der Waals surface area contributed by atoms with E-state index in [1.54, 1.807) is 0 Å². The van der Waals surface area contributed by atoms with Crippen LogP contribution in [0.15, 0.2) is 24.3 Å². The Hall–Kier alpha value is -4.94. The summed E-state index contributed by atoms with van der Waals surface area (Å²) in [5.41, 5.74) is -8.52. The molecule has 21 heteroatoms. The summed E-state index contributed by atoms with van der Waals surface area (Å²) in [6, 6.07) is 2.98. The van der Waals surface area contributed by atoms with E-state index in [4.69, 9.17) is 20.9 Å². The molecule has 2 aromatic heterocycles. The zero-order valence-electron chi connectivity index (χ0n) is 31.0. The number of benzene rings is 2. The number of terminal acetylenes is 1. The lowest BCUT2D eigenvalue weighted by Gasteiger charge is -2.40. The van der Waals surface area contributed by atoms with Crippen molar-refractivity contribution in [3.63, 3.8) is 0 Å². The number of alkyl halides is 9. The first-order valence-corrected chi connectivity index (χ1v) is 19.0. The molecule has 0 spiro atoms. The average Bonchev–Trinajstić information content (AvgIpc) is 3.83. The van der Waals surface area contributed by atoms with E-state index in [9.17, 15) is 44.6 Å². The molecule has 0 radical (unpaired) electrons. The number of halogens is 11. The van der Waals surface area contributed by atoms with E-state index in [2.05, 4.69) is 25.9 Å². The summed E-state index contributed by atoms with van der Waals surface area (Å²) >= 11 is 0. The Bertz CT molecular complexity index is 2400. The minimum Gasteiger partial charge on any atom is -0.508 e. The molecule has 7 heterocycles. The number of phenolic OH excluding ortho intramolecular Hbond substituents is 1. The Kier molecular flexibility index (Phi) is 9.30. The van der Waals surface area contributed by atoms with E-state index in [0.29, 0.717) is 19.4 Å². The van der Waals surface area contributed by atoms with Crippen LogP contribution in [0.25, 0.3) is 32.9 Å². The van der Waals surface area contributed by atoms with Gasteiger partial charge in [-0.05, 0) is 68.7 Å². The first kappa shape index (κ1) is 40.5. The number of pyridine rings is 1. The van der Waals surface area contributed by atoms with Gasteiger partial charge >= 0.3 is 30.1 Å². The molecule has 0 amide bonds. The molecule has 2 N–H and O–H groups in total. The first-order chi connectivity index (χ1) is 28.3. The smallest absolute Gasteiger partial charge is 0.435 e. The van der Waals surface area contributed by atoms with Crippen LogP contribution >= 0.6 is 0 Å². The lowest BCUT2D eigenvalue weighted by molar-refractivity contribution is -0.458. The van der Waals surface area contributed by atoms with Crippen molar-refractivity contribution < 1.29 is 67.6 Å². The van der Waals surface area contributed by atoms with Crippen LogP contribution in [0, 0.1) is 24.0 Å². The van der Waals surface area contributed by atoms with Gasteiger partial charge in [0.05, 0.1) is 23.8 Å². The van der Waals surface area contributed by atoms with Gasteiger partial charge in [-0.3, -0.25) is 4.90 Å². The molecule has 4 fully saturated rings. The van der Waals surface area contributed by atoms with Crippen molar-refractivity contribution in [2.75, 3.05) is 37.8 Å². The molecule has 2 aromatic carbocycles. The van der Waals surface area contributed by atoms with E-state index in [-0.39, 0.29) is 107 Å². The number of phenols is 1. The highest BCUT2D eigenvalue weighted by atomic mass is 19.4. The molecule has 5 aliphatic heterocycles. The molecular weight excluding hydrogens is 825 g/mol. The van der Waals surface area contributed by atoms with Gasteiger partial charge in [0.1, 0.15) is 47.2 Å². The van der Waals surface area contributed by atoms with Gasteiger partial charge in [-0.1, -0.05) is 12.0 Å². The van der Waals surface area contributed by atoms with E-state index >= 15 is 8.78 Å². The fourth-order valence-electron chi connectivity index (χ4n) is 9.85. The number of ether oxygens (including phenoxy) is 3. The third kappa shape index (κ3) is 6.06. The van der Waals surface area contributed by atoms with Crippen LogP contribution in [-0.4, -0.2) is 112 Å². The van der Waals surface area contributed by atoms with Gasteiger partial charge in [0.15, 0.2) is 5.82 Å². The van der Waals surface area contributed by atoms with Gasteiger partial charge in [-0.15, -0.1) is 6.42 Å². The van der Waals surface area contributed by atoms with Gasteiger partial charge in [0.25, 0.3) is 0 Å². The van der Waals surface area contributed by atoms with Crippen molar-refractivity contribution in [1.82, 2.24) is 25.2 Å². The van der Waals surface area contributed by atoms with Crippen molar-refractivity contribution in [2.45, 2.75) is 92.4 Å². The predicted molar refractivity (Wildman–Crippen MR) is 190 cm³/mol. The maximum absolute atomic E-state index is 17.2. The average molecular weight is 859 g/mol. The van der Waals surface area contributed by atoms with Crippen LogP contribution in [0.1, 0.15) is 44.1 Å². The van der Waals surface area contributed by atoms with Crippen molar-refractivity contribution in [3.05, 3.63) is 41.5 Å². The molecule has 320 valence electrons. The Balaban J connectivity index is 1.10. The quantitative estimate of drug-likeness (QED) is 0.145. The molecule has 5 aliphatic rings. The summed E-state index contributed by atoms with van der Waals surface area (Å²) in [5.74, 6) is 0.283. The van der Waals surface area contributed by atoms with Crippen LogP contribution in [0.5, 0.6) is 17.6 Å². The summed E-state index contributed by atoms with van der Waals surface area (Å²) in [6.07, 6.45) is -12.6. The molecule has 2 bridgehead atoms. The second-order valence-electron chi connectivity index (χ2n) is 15.9. The van der Waals surface area contributed by atoms with Crippen LogP contribution in [-0.2, 0) is 4.74 Å². The number of hydrogen-bond acceptors (Lipinski definition) is 10. The number of fused-ring (bicyclic) bond motifs is 7. The molecule has 9 rings (SSSR count). The van der Waals surface area contributed by atoms with E-state index < -0.39 is 59.6 Å². The highest BCUT2D eigenvalue weighted by molar-refractivity contribution is 6.04. The third-order valence-corrected chi connectivity index (χ3v) is 12.6. The molecule has 60 heavy (non-hydrogen) atoms. The molecule has 0 unspecified atom stereocenters. The Morgan fingerprint density at radius 1 is 0.950 bits per heavy atom. The Labute approximate surface area is 333 Å². The zero-order valence-corrected chi connectivity index (χ0v) is 31.0.